The molecule has 96 valence electrons. The molecule has 4 nitrogen and oxygen atoms in total. The Hall–Kier alpha value is -2.33. The maximum absolute atomic E-state index is 11.2. The highest BCUT2D eigenvalue weighted by Crippen LogP contribution is 2.37. The summed E-state index contributed by atoms with van der Waals surface area (Å²) in [7, 11) is 0. The maximum atomic E-state index is 11.2. The number of rotatable bonds is 1. The van der Waals surface area contributed by atoms with Gasteiger partial charge in [-0.2, -0.15) is 0 Å². The molecule has 0 aromatic heterocycles. The Bertz CT molecular complexity index is 648. The smallest absolute Gasteiger partial charge is 0.339 e. The van der Waals surface area contributed by atoms with E-state index in [0.29, 0.717) is 5.56 Å². The Morgan fingerprint density at radius 1 is 1.11 bits per heavy atom. The van der Waals surface area contributed by atoms with Crippen LogP contribution in [0.5, 0.6) is 5.75 Å². The number of hydrogen-bond acceptors (Lipinski definition) is 3. The molecule has 0 saturated carbocycles. The van der Waals surface area contributed by atoms with E-state index in [2.05, 4.69) is 0 Å². The van der Waals surface area contributed by atoms with Crippen LogP contribution in [0.1, 0.15) is 33.2 Å². The highest BCUT2D eigenvalue weighted by atomic mass is 16.5. The number of hydrogen-bond donors (Lipinski definition) is 2. The second-order valence-corrected chi connectivity index (χ2v) is 4.42. The number of benzene rings is 2. The number of carbonyl (C=O) groups is 1. The fraction of sp³-hybridized carbons (Fsp3) is 0.133. The average molecular weight is 256 g/mol. The molecule has 0 spiro atoms. The van der Waals surface area contributed by atoms with Crippen molar-refractivity contribution in [1.82, 2.24) is 0 Å². The van der Waals surface area contributed by atoms with Crippen molar-refractivity contribution in [2.24, 2.45) is 0 Å². The summed E-state index contributed by atoms with van der Waals surface area (Å²) in [5.74, 6) is -0.811. The van der Waals surface area contributed by atoms with E-state index in [1.54, 1.807) is 12.1 Å². The number of aromatic carboxylic acids is 1. The first-order valence-corrected chi connectivity index (χ1v) is 5.93. The summed E-state index contributed by atoms with van der Waals surface area (Å²) in [5, 5.41) is 19.6. The van der Waals surface area contributed by atoms with E-state index in [4.69, 9.17) is 4.74 Å². The molecular formula is C15H12O4. The normalized spacial score (nSPS) is 16.8. The molecule has 1 atom stereocenters. The zero-order valence-corrected chi connectivity index (χ0v) is 10.0. The summed E-state index contributed by atoms with van der Waals surface area (Å²) in [6.07, 6.45) is -0.868. The predicted octanol–water partition coefficient (Wildman–Crippen LogP) is 2.36. The molecule has 0 radical (unpaired) electrons. The monoisotopic (exact) mass is 256 g/mol. The Morgan fingerprint density at radius 2 is 1.84 bits per heavy atom. The van der Waals surface area contributed by atoms with Crippen LogP contribution in [0.2, 0.25) is 0 Å². The summed E-state index contributed by atoms with van der Waals surface area (Å²) in [4.78, 5) is 11.2. The quantitative estimate of drug-likeness (QED) is 0.822. The molecular weight excluding hydrogens is 244 g/mol. The van der Waals surface area contributed by atoms with Gasteiger partial charge in [0.25, 0.3) is 0 Å². The highest BCUT2D eigenvalue weighted by Gasteiger charge is 2.26. The van der Waals surface area contributed by atoms with E-state index in [1.807, 2.05) is 24.3 Å². The van der Waals surface area contributed by atoms with Crippen molar-refractivity contribution in [2.75, 3.05) is 0 Å². The third-order valence-corrected chi connectivity index (χ3v) is 3.29. The van der Waals surface area contributed by atoms with Crippen molar-refractivity contribution < 1.29 is 19.7 Å². The maximum Gasteiger partial charge on any atom is 0.339 e. The molecule has 2 aromatic carbocycles. The number of ether oxygens (including phenoxy) is 1. The number of aliphatic hydroxyl groups is 1. The van der Waals surface area contributed by atoms with Gasteiger partial charge in [0.2, 0.25) is 0 Å². The van der Waals surface area contributed by atoms with E-state index >= 15 is 0 Å². The molecule has 0 aliphatic carbocycles. The van der Waals surface area contributed by atoms with Crippen molar-refractivity contribution in [2.45, 2.75) is 12.7 Å². The molecule has 1 unspecified atom stereocenters. The molecule has 0 saturated heterocycles. The molecule has 0 bridgehead atoms. The first-order chi connectivity index (χ1) is 9.18. The fourth-order valence-corrected chi connectivity index (χ4v) is 2.35. The molecule has 2 N–H and O–H groups in total. The second-order valence-electron chi connectivity index (χ2n) is 4.42. The fourth-order valence-electron chi connectivity index (χ4n) is 2.35. The van der Waals surface area contributed by atoms with Gasteiger partial charge in [0.1, 0.15) is 24.0 Å². The Labute approximate surface area is 109 Å². The number of para-hydroxylation sites is 1. The van der Waals surface area contributed by atoms with Gasteiger partial charge < -0.3 is 14.9 Å². The van der Waals surface area contributed by atoms with E-state index < -0.39 is 12.1 Å². The van der Waals surface area contributed by atoms with Gasteiger partial charge in [0.15, 0.2) is 0 Å². The van der Waals surface area contributed by atoms with Crippen LogP contribution in [0.3, 0.4) is 0 Å². The topological polar surface area (TPSA) is 66.8 Å². The lowest BCUT2D eigenvalue weighted by molar-refractivity contribution is 0.0691. The van der Waals surface area contributed by atoms with Crippen molar-refractivity contribution >= 4 is 5.97 Å². The van der Waals surface area contributed by atoms with Crippen molar-refractivity contribution in [3.05, 3.63) is 64.7 Å². The summed E-state index contributed by atoms with van der Waals surface area (Å²) >= 11 is 0. The van der Waals surface area contributed by atoms with Crippen LogP contribution in [0, 0.1) is 0 Å². The molecule has 4 heteroatoms. The van der Waals surface area contributed by atoms with Gasteiger partial charge in [0, 0.05) is 5.56 Å². The molecule has 1 aliphatic heterocycles. The average Bonchev–Trinajstić information content (AvgIpc) is 2.57. The lowest BCUT2D eigenvalue weighted by Gasteiger charge is -2.13. The van der Waals surface area contributed by atoms with Crippen LogP contribution in [-0.2, 0) is 6.61 Å². The van der Waals surface area contributed by atoms with Crippen LogP contribution in [-0.4, -0.2) is 16.2 Å². The molecule has 3 rings (SSSR count). The van der Waals surface area contributed by atoms with Gasteiger partial charge >= 0.3 is 5.97 Å². The molecule has 0 amide bonds. The van der Waals surface area contributed by atoms with Crippen molar-refractivity contribution in [3.8, 4) is 5.75 Å². The van der Waals surface area contributed by atoms with Gasteiger partial charge in [-0.05, 0) is 17.2 Å². The van der Waals surface area contributed by atoms with Crippen molar-refractivity contribution in [1.29, 1.82) is 0 Å². The Morgan fingerprint density at radius 3 is 2.63 bits per heavy atom. The van der Waals surface area contributed by atoms with E-state index in [1.165, 1.54) is 6.07 Å². The number of fused-ring (bicyclic) bond motifs is 2. The molecule has 2 aromatic rings. The van der Waals surface area contributed by atoms with Crippen LogP contribution in [0.4, 0.5) is 0 Å². The summed E-state index contributed by atoms with van der Waals surface area (Å²) in [6.45, 7) is 0.254. The van der Waals surface area contributed by atoms with Crippen molar-refractivity contribution in [3.63, 3.8) is 0 Å². The first kappa shape index (κ1) is 11.7. The Kier molecular flexibility index (Phi) is 2.72. The highest BCUT2D eigenvalue weighted by molar-refractivity contribution is 5.91. The SMILES string of the molecule is O=C(O)c1cccc2c1OCc1ccccc1C2O. The molecule has 1 heterocycles. The summed E-state index contributed by atoms with van der Waals surface area (Å²) in [6, 6.07) is 12.2. The lowest BCUT2D eigenvalue weighted by atomic mass is 9.96. The largest absolute Gasteiger partial charge is 0.488 e. The standard InChI is InChI=1S/C15H12O4/c16-13-10-5-2-1-4-9(10)8-19-14-11(13)6-3-7-12(14)15(17)18/h1-7,13,16H,8H2,(H,17,18). The zero-order chi connectivity index (χ0) is 13.4. The summed E-state index contributed by atoms with van der Waals surface area (Å²) < 4.78 is 5.60. The number of carboxylic acids is 1. The number of carboxylic acid groups (broad SMARTS) is 1. The van der Waals surface area contributed by atoms with E-state index in [9.17, 15) is 15.0 Å². The Balaban J connectivity index is 2.20. The van der Waals surface area contributed by atoms with Crippen LogP contribution >= 0.6 is 0 Å². The lowest BCUT2D eigenvalue weighted by Crippen LogP contribution is -2.05. The predicted molar refractivity (Wildman–Crippen MR) is 68.2 cm³/mol. The van der Waals surface area contributed by atoms with Crippen LogP contribution in [0.25, 0.3) is 0 Å². The number of aliphatic hydroxyl groups excluding tert-OH is 1. The minimum atomic E-state index is -1.06. The third kappa shape index (κ3) is 1.86. The third-order valence-electron chi connectivity index (χ3n) is 3.29. The summed E-state index contributed by atoms with van der Waals surface area (Å²) in [5.41, 5.74) is 2.18. The van der Waals surface area contributed by atoms with E-state index in [-0.39, 0.29) is 17.9 Å². The minimum Gasteiger partial charge on any atom is -0.488 e. The molecule has 1 aliphatic rings. The van der Waals surface area contributed by atoms with Gasteiger partial charge in [-0.15, -0.1) is 0 Å². The first-order valence-electron chi connectivity index (χ1n) is 5.93. The second kappa shape index (κ2) is 4.40. The van der Waals surface area contributed by atoms with Crippen LogP contribution in [0.15, 0.2) is 42.5 Å². The minimum absolute atomic E-state index is 0.0735. The molecule has 0 fully saturated rings. The van der Waals surface area contributed by atoms with Gasteiger partial charge in [-0.1, -0.05) is 36.4 Å². The van der Waals surface area contributed by atoms with E-state index in [0.717, 1.165) is 11.1 Å². The van der Waals surface area contributed by atoms with Gasteiger partial charge in [0.05, 0.1) is 0 Å². The van der Waals surface area contributed by atoms with Gasteiger partial charge in [-0.3, -0.25) is 0 Å². The zero-order valence-electron chi connectivity index (χ0n) is 10.0. The van der Waals surface area contributed by atoms with Crippen LogP contribution < -0.4 is 4.74 Å². The molecule has 19 heavy (non-hydrogen) atoms. The van der Waals surface area contributed by atoms with Gasteiger partial charge in [-0.25, -0.2) is 4.79 Å².